The number of hydrogen-bond donors (Lipinski definition) is 1. The number of carbonyl (C=O) groups excluding carboxylic acids is 1. The van der Waals surface area contributed by atoms with E-state index in [9.17, 15) is 4.79 Å². The molecule has 1 amide bonds. The Kier molecular flexibility index (Phi) is 10.4. The summed E-state index contributed by atoms with van der Waals surface area (Å²) in [7, 11) is 1.78. The van der Waals surface area contributed by atoms with Gasteiger partial charge >= 0.3 is 6.09 Å². The van der Waals surface area contributed by atoms with Crippen molar-refractivity contribution in [3.05, 3.63) is 0 Å². The molecule has 8 heteroatoms. The average molecular weight is 441 g/mol. The fourth-order valence-electron chi connectivity index (χ4n) is 3.86. The van der Waals surface area contributed by atoms with Gasteiger partial charge in [-0.1, -0.05) is 6.92 Å². The number of aliphatic imine (C=N–C) groups is 1. The van der Waals surface area contributed by atoms with Crippen molar-refractivity contribution in [3.8, 4) is 0 Å². The first-order valence-electron chi connectivity index (χ1n) is 11.9. The minimum atomic E-state index is -0.481. The second-order valence-electron chi connectivity index (χ2n) is 9.82. The molecule has 0 aromatic carbocycles. The zero-order valence-electron chi connectivity index (χ0n) is 20.5. The zero-order valence-corrected chi connectivity index (χ0v) is 20.5. The fourth-order valence-corrected chi connectivity index (χ4v) is 3.86. The fraction of sp³-hybridized carbons (Fsp3) is 0.913. The molecule has 2 saturated heterocycles. The van der Waals surface area contributed by atoms with Crippen LogP contribution in [0, 0.1) is 5.92 Å². The van der Waals surface area contributed by atoms with Crippen LogP contribution in [0.1, 0.15) is 60.3 Å². The number of piperidine rings is 1. The lowest BCUT2D eigenvalue weighted by atomic mass is 10.1. The molecule has 0 aromatic heterocycles. The van der Waals surface area contributed by atoms with Crippen LogP contribution in [0.25, 0.3) is 0 Å². The van der Waals surface area contributed by atoms with E-state index in [0.717, 1.165) is 64.5 Å². The van der Waals surface area contributed by atoms with E-state index in [0.29, 0.717) is 19.2 Å². The Morgan fingerprint density at radius 1 is 1.29 bits per heavy atom. The van der Waals surface area contributed by atoms with Crippen LogP contribution in [-0.2, 0) is 14.2 Å². The second kappa shape index (κ2) is 12.5. The van der Waals surface area contributed by atoms with Gasteiger partial charge in [0.2, 0.25) is 0 Å². The van der Waals surface area contributed by atoms with Crippen LogP contribution in [0.15, 0.2) is 4.99 Å². The van der Waals surface area contributed by atoms with E-state index in [-0.39, 0.29) is 18.1 Å². The molecular weight excluding hydrogens is 396 g/mol. The molecule has 2 aliphatic rings. The van der Waals surface area contributed by atoms with E-state index in [1.165, 1.54) is 0 Å². The quantitative estimate of drug-likeness (QED) is 0.462. The monoisotopic (exact) mass is 440 g/mol. The smallest absolute Gasteiger partial charge is 0.410 e. The molecule has 0 spiro atoms. The lowest BCUT2D eigenvalue weighted by Gasteiger charge is -2.34. The highest BCUT2D eigenvalue weighted by molar-refractivity contribution is 5.80. The van der Waals surface area contributed by atoms with Crippen molar-refractivity contribution in [1.82, 2.24) is 15.1 Å². The Labute approximate surface area is 188 Å². The molecule has 2 aliphatic heterocycles. The largest absolute Gasteiger partial charge is 0.444 e. The maximum Gasteiger partial charge on any atom is 0.410 e. The van der Waals surface area contributed by atoms with Gasteiger partial charge in [0.05, 0.1) is 18.8 Å². The molecule has 31 heavy (non-hydrogen) atoms. The zero-order chi connectivity index (χ0) is 22.9. The molecule has 2 unspecified atom stereocenters. The summed E-state index contributed by atoms with van der Waals surface area (Å²) in [5.74, 6) is 1.19. The van der Waals surface area contributed by atoms with Crippen molar-refractivity contribution in [2.24, 2.45) is 10.9 Å². The first-order chi connectivity index (χ1) is 14.7. The Hall–Kier alpha value is -1.54. The normalized spacial score (nSPS) is 21.8. The first kappa shape index (κ1) is 25.7. The predicted octanol–water partition coefficient (Wildman–Crippen LogP) is 3.11. The molecule has 0 saturated carbocycles. The van der Waals surface area contributed by atoms with E-state index in [2.05, 4.69) is 24.1 Å². The number of ether oxygens (including phenoxy) is 3. The van der Waals surface area contributed by atoms with Gasteiger partial charge in [0, 0.05) is 46.4 Å². The Balaban J connectivity index is 1.76. The van der Waals surface area contributed by atoms with E-state index >= 15 is 0 Å². The number of likely N-dealkylation sites (tertiary alicyclic amines) is 1. The van der Waals surface area contributed by atoms with Crippen molar-refractivity contribution in [1.29, 1.82) is 0 Å². The third-order valence-corrected chi connectivity index (χ3v) is 5.46. The van der Waals surface area contributed by atoms with Gasteiger partial charge in [-0.05, 0) is 59.3 Å². The summed E-state index contributed by atoms with van der Waals surface area (Å²) >= 11 is 0. The highest BCUT2D eigenvalue weighted by Gasteiger charge is 2.25. The highest BCUT2D eigenvalue weighted by Crippen LogP contribution is 2.18. The molecule has 1 N–H and O–H groups in total. The Morgan fingerprint density at radius 3 is 2.58 bits per heavy atom. The molecule has 2 atom stereocenters. The van der Waals surface area contributed by atoms with Crippen molar-refractivity contribution < 1.29 is 19.0 Å². The van der Waals surface area contributed by atoms with Gasteiger partial charge in [-0.3, -0.25) is 4.99 Å². The number of rotatable bonds is 8. The number of carbonyl (C=O) groups is 1. The summed E-state index contributed by atoms with van der Waals surface area (Å²) in [6.07, 6.45) is 4.60. The summed E-state index contributed by atoms with van der Waals surface area (Å²) < 4.78 is 17.2. The van der Waals surface area contributed by atoms with Crippen LogP contribution in [0.4, 0.5) is 4.79 Å². The predicted molar refractivity (Wildman–Crippen MR) is 124 cm³/mol. The summed E-state index contributed by atoms with van der Waals surface area (Å²) in [6, 6.07) is 0. The average Bonchev–Trinajstić information content (AvgIpc) is 3.22. The van der Waals surface area contributed by atoms with Crippen LogP contribution >= 0.6 is 0 Å². The van der Waals surface area contributed by atoms with E-state index in [1.54, 1.807) is 11.9 Å². The van der Waals surface area contributed by atoms with Crippen molar-refractivity contribution in [2.45, 2.75) is 78.1 Å². The lowest BCUT2D eigenvalue weighted by molar-refractivity contribution is -0.0367. The van der Waals surface area contributed by atoms with Crippen LogP contribution in [0.5, 0.6) is 0 Å². The van der Waals surface area contributed by atoms with E-state index in [1.807, 2.05) is 20.8 Å². The molecule has 2 fully saturated rings. The van der Waals surface area contributed by atoms with Crippen LogP contribution in [-0.4, -0.2) is 92.6 Å². The first-order valence-corrected chi connectivity index (χ1v) is 11.9. The summed E-state index contributed by atoms with van der Waals surface area (Å²) in [5.41, 5.74) is -0.481. The van der Waals surface area contributed by atoms with Crippen LogP contribution in [0.3, 0.4) is 0 Å². The maximum atomic E-state index is 12.2. The van der Waals surface area contributed by atoms with Gasteiger partial charge in [-0.25, -0.2) is 4.79 Å². The van der Waals surface area contributed by atoms with Crippen molar-refractivity contribution >= 4 is 12.1 Å². The van der Waals surface area contributed by atoms with Gasteiger partial charge < -0.3 is 29.3 Å². The lowest BCUT2D eigenvalue weighted by Crippen LogP contribution is -2.47. The molecule has 2 rings (SSSR count). The molecule has 0 aromatic rings. The Morgan fingerprint density at radius 2 is 2.00 bits per heavy atom. The number of nitrogens with zero attached hydrogens (tertiary/aromatic N) is 3. The molecule has 2 heterocycles. The number of nitrogens with one attached hydrogen (secondary N) is 1. The minimum absolute atomic E-state index is 0.235. The van der Waals surface area contributed by atoms with Gasteiger partial charge in [0.25, 0.3) is 0 Å². The minimum Gasteiger partial charge on any atom is -0.444 e. The van der Waals surface area contributed by atoms with Gasteiger partial charge in [0.1, 0.15) is 5.60 Å². The van der Waals surface area contributed by atoms with Crippen LogP contribution in [0.2, 0.25) is 0 Å². The third-order valence-electron chi connectivity index (χ3n) is 5.46. The van der Waals surface area contributed by atoms with E-state index in [4.69, 9.17) is 19.2 Å². The summed E-state index contributed by atoms with van der Waals surface area (Å²) in [5, 5.41) is 3.42. The number of guanidine groups is 1. The summed E-state index contributed by atoms with van der Waals surface area (Å²) in [4.78, 5) is 21.0. The molecule has 180 valence electrons. The summed E-state index contributed by atoms with van der Waals surface area (Å²) in [6.45, 7) is 15.4. The number of hydrogen-bond acceptors (Lipinski definition) is 5. The van der Waals surface area contributed by atoms with Crippen molar-refractivity contribution in [3.63, 3.8) is 0 Å². The van der Waals surface area contributed by atoms with Gasteiger partial charge in [0.15, 0.2) is 5.96 Å². The number of amides is 1. The molecule has 8 nitrogen and oxygen atoms in total. The maximum absolute atomic E-state index is 12.2. The molecule has 0 radical (unpaired) electrons. The van der Waals surface area contributed by atoms with Crippen LogP contribution < -0.4 is 5.32 Å². The molecular formula is C23H44N4O4. The molecule has 0 bridgehead atoms. The topological polar surface area (TPSA) is 75.6 Å². The molecule has 0 aliphatic carbocycles. The standard InChI is InChI=1S/C23H44N4O4/c1-7-24-21(25-15-18(2)16-26(6)22(28)31-23(3,4)5)27-12-10-19(11-13-27)30-17-20-9-8-14-29-20/h18-20H,7-17H2,1-6H3,(H,24,25). The SMILES string of the molecule is CCNC(=NCC(C)CN(C)C(=O)OC(C)(C)C)N1CCC(OCC2CCCO2)CC1. The van der Waals surface area contributed by atoms with Gasteiger partial charge in [-0.15, -0.1) is 0 Å². The second-order valence-corrected chi connectivity index (χ2v) is 9.82. The van der Waals surface area contributed by atoms with Crippen molar-refractivity contribution in [2.75, 3.05) is 53.0 Å². The third kappa shape index (κ3) is 9.64. The highest BCUT2D eigenvalue weighted by atomic mass is 16.6. The van der Waals surface area contributed by atoms with E-state index < -0.39 is 5.60 Å². The Bertz CT molecular complexity index is 564. The van der Waals surface area contributed by atoms with Gasteiger partial charge in [-0.2, -0.15) is 0 Å².